The molecule has 6 heteroatoms. The van der Waals surface area contributed by atoms with Crippen molar-refractivity contribution in [3.05, 3.63) is 29.6 Å². The van der Waals surface area contributed by atoms with Gasteiger partial charge >= 0.3 is 5.97 Å². The first-order valence-corrected chi connectivity index (χ1v) is 6.24. The Morgan fingerprint density at radius 3 is 2.53 bits per heavy atom. The SMILES string of the molecule is O=C(O)c1ccc(C(=O)N(CCO)C2CCC2)nc1. The summed E-state index contributed by atoms with van der Waals surface area (Å²) in [5, 5.41) is 17.8. The van der Waals surface area contributed by atoms with Crippen LogP contribution >= 0.6 is 0 Å². The van der Waals surface area contributed by atoms with Crippen molar-refractivity contribution in [3.63, 3.8) is 0 Å². The summed E-state index contributed by atoms with van der Waals surface area (Å²) in [7, 11) is 0. The van der Waals surface area contributed by atoms with Gasteiger partial charge in [-0.2, -0.15) is 0 Å². The zero-order valence-corrected chi connectivity index (χ0v) is 10.5. The van der Waals surface area contributed by atoms with Crippen molar-refractivity contribution in [2.45, 2.75) is 25.3 Å². The Hall–Kier alpha value is -1.95. The molecule has 1 aromatic rings. The molecule has 1 saturated carbocycles. The van der Waals surface area contributed by atoms with Gasteiger partial charge in [0, 0.05) is 18.8 Å². The second-order valence-corrected chi connectivity index (χ2v) is 4.54. The lowest BCUT2D eigenvalue weighted by atomic mass is 9.91. The molecule has 2 N–H and O–H groups in total. The van der Waals surface area contributed by atoms with Gasteiger partial charge in [-0.05, 0) is 31.4 Å². The van der Waals surface area contributed by atoms with E-state index in [9.17, 15) is 9.59 Å². The predicted octanol–water partition coefficient (Wildman–Crippen LogP) is 0.767. The van der Waals surface area contributed by atoms with Gasteiger partial charge in [0.1, 0.15) is 5.69 Å². The number of amides is 1. The molecule has 1 amide bonds. The van der Waals surface area contributed by atoms with E-state index in [1.54, 1.807) is 4.90 Å². The standard InChI is InChI=1S/C13H16N2O4/c16-7-6-15(10-2-1-3-10)12(17)11-5-4-9(8-14-11)13(18)19/h4-5,8,10,16H,1-3,6-7H2,(H,18,19). The molecule has 0 aromatic carbocycles. The minimum Gasteiger partial charge on any atom is -0.478 e. The maximum absolute atomic E-state index is 12.3. The van der Waals surface area contributed by atoms with Crippen molar-refractivity contribution < 1.29 is 19.8 Å². The zero-order chi connectivity index (χ0) is 13.8. The van der Waals surface area contributed by atoms with Crippen molar-refractivity contribution >= 4 is 11.9 Å². The highest BCUT2D eigenvalue weighted by Gasteiger charge is 2.29. The highest BCUT2D eigenvalue weighted by atomic mass is 16.4. The lowest BCUT2D eigenvalue weighted by Crippen LogP contribution is -2.45. The second kappa shape index (κ2) is 5.79. The summed E-state index contributed by atoms with van der Waals surface area (Å²) in [4.78, 5) is 28.5. The van der Waals surface area contributed by atoms with Crippen LogP contribution in [0.3, 0.4) is 0 Å². The fourth-order valence-electron chi connectivity index (χ4n) is 2.05. The summed E-state index contributed by atoms with van der Waals surface area (Å²) < 4.78 is 0. The molecular formula is C13H16N2O4. The van der Waals surface area contributed by atoms with Gasteiger partial charge in [-0.1, -0.05) is 0 Å². The van der Waals surface area contributed by atoms with Crippen LogP contribution in [0.5, 0.6) is 0 Å². The number of aromatic carboxylic acids is 1. The zero-order valence-electron chi connectivity index (χ0n) is 10.5. The van der Waals surface area contributed by atoms with Crippen molar-refractivity contribution in [1.29, 1.82) is 0 Å². The van der Waals surface area contributed by atoms with Crippen LogP contribution in [0.4, 0.5) is 0 Å². The number of rotatable bonds is 5. The summed E-state index contributed by atoms with van der Waals surface area (Å²) >= 11 is 0. The van der Waals surface area contributed by atoms with Crippen molar-refractivity contribution in [2.75, 3.05) is 13.2 Å². The van der Waals surface area contributed by atoms with Gasteiger partial charge in [-0.3, -0.25) is 9.78 Å². The third-order valence-corrected chi connectivity index (χ3v) is 3.35. The predicted molar refractivity (Wildman–Crippen MR) is 67.0 cm³/mol. The Balaban J connectivity index is 2.13. The van der Waals surface area contributed by atoms with Gasteiger partial charge < -0.3 is 15.1 Å². The Morgan fingerprint density at radius 1 is 1.37 bits per heavy atom. The van der Waals surface area contributed by atoms with Gasteiger partial charge in [0.05, 0.1) is 12.2 Å². The third kappa shape index (κ3) is 2.90. The number of aliphatic hydroxyl groups is 1. The highest BCUT2D eigenvalue weighted by molar-refractivity contribution is 5.94. The first-order valence-electron chi connectivity index (χ1n) is 6.24. The number of carbonyl (C=O) groups excluding carboxylic acids is 1. The van der Waals surface area contributed by atoms with Crippen molar-refractivity contribution in [2.24, 2.45) is 0 Å². The molecular weight excluding hydrogens is 248 g/mol. The molecule has 19 heavy (non-hydrogen) atoms. The Bertz CT molecular complexity index is 468. The van der Waals surface area contributed by atoms with E-state index in [0.29, 0.717) is 0 Å². The number of carbonyl (C=O) groups is 2. The summed E-state index contributed by atoms with van der Waals surface area (Å²) in [6.07, 6.45) is 4.15. The van der Waals surface area contributed by atoms with E-state index in [4.69, 9.17) is 10.2 Å². The lowest BCUT2D eigenvalue weighted by molar-refractivity contribution is 0.0519. The van der Waals surface area contributed by atoms with Gasteiger partial charge in [0.15, 0.2) is 0 Å². The molecule has 6 nitrogen and oxygen atoms in total. The highest BCUT2D eigenvalue weighted by Crippen LogP contribution is 2.25. The van der Waals surface area contributed by atoms with Gasteiger partial charge in [-0.25, -0.2) is 4.79 Å². The third-order valence-electron chi connectivity index (χ3n) is 3.35. The average Bonchev–Trinajstić information content (AvgIpc) is 2.35. The fourth-order valence-corrected chi connectivity index (χ4v) is 2.05. The lowest BCUT2D eigenvalue weighted by Gasteiger charge is -2.37. The Kier molecular flexibility index (Phi) is 4.11. The van der Waals surface area contributed by atoms with Gasteiger partial charge in [-0.15, -0.1) is 0 Å². The molecule has 1 aliphatic carbocycles. The molecule has 1 aromatic heterocycles. The quantitative estimate of drug-likeness (QED) is 0.819. The van der Waals surface area contributed by atoms with Crippen LogP contribution in [0.2, 0.25) is 0 Å². The smallest absolute Gasteiger partial charge is 0.337 e. The summed E-state index contributed by atoms with van der Waals surface area (Å²) in [5.41, 5.74) is 0.263. The molecule has 1 fully saturated rings. The van der Waals surface area contributed by atoms with Crippen LogP contribution in [-0.4, -0.2) is 51.2 Å². The summed E-state index contributed by atoms with van der Waals surface area (Å²) in [6.45, 7) is 0.196. The number of hydrogen-bond donors (Lipinski definition) is 2. The molecule has 102 valence electrons. The molecule has 0 aliphatic heterocycles. The van der Waals surface area contributed by atoms with E-state index >= 15 is 0 Å². The summed E-state index contributed by atoms with van der Waals surface area (Å²) in [6, 6.07) is 2.94. The second-order valence-electron chi connectivity index (χ2n) is 4.54. The fraction of sp³-hybridized carbons (Fsp3) is 0.462. The van der Waals surface area contributed by atoms with Crippen molar-refractivity contribution in [3.8, 4) is 0 Å². The van der Waals surface area contributed by atoms with E-state index < -0.39 is 5.97 Å². The van der Waals surface area contributed by atoms with E-state index in [1.165, 1.54) is 18.3 Å². The molecule has 2 rings (SSSR count). The monoisotopic (exact) mass is 264 g/mol. The summed E-state index contributed by atoms with van der Waals surface area (Å²) in [5.74, 6) is -1.33. The number of aromatic nitrogens is 1. The van der Waals surface area contributed by atoms with Gasteiger partial charge in [0.2, 0.25) is 0 Å². The van der Waals surface area contributed by atoms with Gasteiger partial charge in [0.25, 0.3) is 5.91 Å². The van der Waals surface area contributed by atoms with Crippen LogP contribution in [0.15, 0.2) is 18.3 Å². The van der Waals surface area contributed by atoms with E-state index in [-0.39, 0.29) is 36.4 Å². The van der Waals surface area contributed by atoms with Crippen LogP contribution in [0, 0.1) is 0 Å². The van der Waals surface area contributed by atoms with Crippen LogP contribution in [-0.2, 0) is 0 Å². The molecule has 0 unspecified atom stereocenters. The van der Waals surface area contributed by atoms with E-state index in [2.05, 4.69) is 4.98 Å². The number of pyridine rings is 1. The Labute approximate surface area is 110 Å². The normalized spacial score (nSPS) is 14.8. The molecule has 0 saturated heterocycles. The number of hydrogen-bond acceptors (Lipinski definition) is 4. The molecule has 1 heterocycles. The minimum atomic E-state index is -1.07. The van der Waals surface area contributed by atoms with Crippen molar-refractivity contribution in [1.82, 2.24) is 9.88 Å². The number of aliphatic hydroxyl groups excluding tert-OH is 1. The largest absolute Gasteiger partial charge is 0.478 e. The first-order chi connectivity index (χ1) is 9.13. The van der Waals surface area contributed by atoms with Crippen LogP contribution < -0.4 is 0 Å². The molecule has 0 radical (unpaired) electrons. The number of carboxylic acids is 1. The average molecular weight is 264 g/mol. The van der Waals surface area contributed by atoms with E-state index in [1.807, 2.05) is 0 Å². The number of nitrogens with zero attached hydrogens (tertiary/aromatic N) is 2. The molecule has 0 bridgehead atoms. The van der Waals surface area contributed by atoms with Crippen LogP contribution in [0.1, 0.15) is 40.1 Å². The Morgan fingerprint density at radius 2 is 2.11 bits per heavy atom. The first kappa shape index (κ1) is 13.5. The maximum Gasteiger partial charge on any atom is 0.337 e. The maximum atomic E-state index is 12.3. The molecule has 1 aliphatic rings. The molecule has 0 atom stereocenters. The molecule has 0 spiro atoms. The van der Waals surface area contributed by atoms with Crippen LogP contribution in [0.25, 0.3) is 0 Å². The minimum absolute atomic E-state index is 0.0499. The van der Waals surface area contributed by atoms with E-state index in [0.717, 1.165) is 19.3 Å². The topological polar surface area (TPSA) is 90.7 Å². The number of carboxylic acid groups (broad SMARTS) is 1.